The molecular weight excluding hydrogens is 268 g/mol. The van der Waals surface area contributed by atoms with Crippen LogP contribution in [0.1, 0.15) is 11.4 Å². The van der Waals surface area contributed by atoms with Crippen LogP contribution in [0.2, 0.25) is 0 Å². The molecule has 0 aliphatic carbocycles. The molecule has 0 saturated heterocycles. The molecule has 0 saturated carbocycles. The van der Waals surface area contributed by atoms with Gasteiger partial charge in [0.05, 0.1) is 22.5 Å². The molecule has 0 atom stereocenters. The van der Waals surface area contributed by atoms with Gasteiger partial charge in [0.25, 0.3) is 5.69 Å². The highest BCUT2D eigenvalue weighted by Crippen LogP contribution is 2.17. The number of fused-ring (bicyclic) bond motifs is 1. The van der Waals surface area contributed by atoms with Crippen LogP contribution in [0.3, 0.4) is 0 Å². The fourth-order valence-electron chi connectivity index (χ4n) is 2.24. The Morgan fingerprint density at radius 1 is 1.10 bits per heavy atom. The molecule has 6 heteroatoms. The van der Waals surface area contributed by atoms with E-state index in [-0.39, 0.29) is 10.6 Å². The second kappa shape index (κ2) is 5.72. The summed E-state index contributed by atoms with van der Waals surface area (Å²) in [6, 6.07) is 14.5. The van der Waals surface area contributed by atoms with Crippen molar-refractivity contribution in [2.45, 2.75) is 13.1 Å². The van der Waals surface area contributed by atoms with Crippen LogP contribution in [0.4, 0.5) is 5.69 Å². The normalized spacial score (nSPS) is 10.9. The van der Waals surface area contributed by atoms with Gasteiger partial charge in [-0.05, 0) is 12.1 Å². The van der Waals surface area contributed by atoms with Gasteiger partial charge in [-0.3, -0.25) is 10.1 Å². The Kier molecular flexibility index (Phi) is 3.61. The molecule has 3 rings (SSSR count). The third-order valence-electron chi connectivity index (χ3n) is 3.23. The number of nitro groups is 1. The lowest BCUT2D eigenvalue weighted by Crippen LogP contribution is -2.14. The van der Waals surface area contributed by atoms with E-state index in [0.717, 1.165) is 16.9 Å². The van der Waals surface area contributed by atoms with E-state index in [1.54, 1.807) is 18.2 Å². The number of nitrogens with one attached hydrogen (secondary N) is 2. The maximum absolute atomic E-state index is 10.9. The Labute approximate surface area is 121 Å². The molecule has 0 aliphatic heterocycles. The molecule has 0 amide bonds. The average Bonchev–Trinajstić information content (AvgIpc) is 2.90. The van der Waals surface area contributed by atoms with E-state index in [1.165, 1.54) is 6.07 Å². The number of hydrogen-bond donors (Lipinski definition) is 2. The van der Waals surface area contributed by atoms with Gasteiger partial charge in [-0.15, -0.1) is 0 Å². The molecule has 2 aromatic carbocycles. The van der Waals surface area contributed by atoms with Crippen molar-refractivity contribution in [3.63, 3.8) is 0 Å². The number of rotatable bonds is 5. The zero-order chi connectivity index (χ0) is 14.7. The van der Waals surface area contributed by atoms with Crippen LogP contribution in [-0.4, -0.2) is 14.9 Å². The summed E-state index contributed by atoms with van der Waals surface area (Å²) in [4.78, 5) is 18.2. The predicted octanol–water partition coefficient (Wildman–Crippen LogP) is 2.76. The maximum atomic E-state index is 10.9. The van der Waals surface area contributed by atoms with Crippen LogP contribution >= 0.6 is 0 Å². The second-order valence-electron chi connectivity index (χ2n) is 4.69. The van der Waals surface area contributed by atoms with Gasteiger partial charge in [-0.25, -0.2) is 4.98 Å². The molecule has 21 heavy (non-hydrogen) atoms. The largest absolute Gasteiger partial charge is 0.341 e. The SMILES string of the molecule is O=[N+]([O-])c1ccccc1CNCc1nc2ccccc2[nH]1. The molecule has 0 bridgehead atoms. The van der Waals surface area contributed by atoms with Crippen molar-refractivity contribution in [3.05, 3.63) is 70.0 Å². The second-order valence-corrected chi connectivity index (χ2v) is 4.69. The van der Waals surface area contributed by atoms with Crippen molar-refractivity contribution in [3.8, 4) is 0 Å². The molecule has 0 aliphatic rings. The first kappa shape index (κ1) is 13.3. The zero-order valence-corrected chi connectivity index (χ0v) is 11.2. The first-order valence-corrected chi connectivity index (χ1v) is 6.60. The first-order valence-electron chi connectivity index (χ1n) is 6.60. The van der Waals surface area contributed by atoms with Gasteiger partial charge in [0, 0.05) is 18.2 Å². The smallest absolute Gasteiger partial charge is 0.273 e. The van der Waals surface area contributed by atoms with Crippen molar-refractivity contribution in [1.82, 2.24) is 15.3 Å². The quantitative estimate of drug-likeness (QED) is 0.556. The van der Waals surface area contributed by atoms with E-state index in [9.17, 15) is 10.1 Å². The number of hydrogen-bond acceptors (Lipinski definition) is 4. The third-order valence-corrected chi connectivity index (χ3v) is 3.23. The van der Waals surface area contributed by atoms with Gasteiger partial charge >= 0.3 is 0 Å². The highest BCUT2D eigenvalue weighted by Gasteiger charge is 2.11. The number of aromatic nitrogens is 2. The molecule has 1 aromatic heterocycles. The summed E-state index contributed by atoms with van der Waals surface area (Å²) in [6.07, 6.45) is 0. The number of nitrogens with zero attached hydrogens (tertiary/aromatic N) is 2. The number of H-pyrrole nitrogens is 1. The molecule has 0 spiro atoms. The molecular formula is C15H14N4O2. The minimum Gasteiger partial charge on any atom is -0.341 e. The van der Waals surface area contributed by atoms with Gasteiger partial charge in [0.1, 0.15) is 5.82 Å². The lowest BCUT2D eigenvalue weighted by atomic mass is 10.2. The van der Waals surface area contributed by atoms with Crippen molar-refractivity contribution in [1.29, 1.82) is 0 Å². The third kappa shape index (κ3) is 2.90. The molecule has 0 radical (unpaired) electrons. The molecule has 3 aromatic rings. The summed E-state index contributed by atoms with van der Waals surface area (Å²) >= 11 is 0. The zero-order valence-electron chi connectivity index (χ0n) is 11.2. The first-order chi connectivity index (χ1) is 10.2. The summed E-state index contributed by atoms with van der Waals surface area (Å²) in [5.41, 5.74) is 2.70. The minimum absolute atomic E-state index is 0.134. The Morgan fingerprint density at radius 2 is 1.86 bits per heavy atom. The van der Waals surface area contributed by atoms with Crippen LogP contribution in [0.25, 0.3) is 11.0 Å². The van der Waals surface area contributed by atoms with Crippen LogP contribution in [0, 0.1) is 10.1 Å². The monoisotopic (exact) mass is 282 g/mol. The number of imidazole rings is 1. The van der Waals surface area contributed by atoms with E-state index in [4.69, 9.17) is 0 Å². The lowest BCUT2D eigenvalue weighted by molar-refractivity contribution is -0.385. The van der Waals surface area contributed by atoms with Crippen LogP contribution in [0.5, 0.6) is 0 Å². The molecule has 0 unspecified atom stereocenters. The van der Waals surface area contributed by atoms with Crippen LogP contribution < -0.4 is 5.32 Å². The van der Waals surface area contributed by atoms with E-state index < -0.39 is 0 Å². The standard InChI is InChI=1S/C15H14N4O2/c20-19(21)14-8-4-1-5-11(14)9-16-10-15-17-12-6-2-3-7-13(12)18-15/h1-8,16H,9-10H2,(H,17,18). The highest BCUT2D eigenvalue weighted by atomic mass is 16.6. The van der Waals surface area contributed by atoms with Gasteiger partial charge in [0.15, 0.2) is 0 Å². The molecule has 6 nitrogen and oxygen atoms in total. The summed E-state index contributed by atoms with van der Waals surface area (Å²) in [6.45, 7) is 0.953. The van der Waals surface area contributed by atoms with Crippen LogP contribution in [-0.2, 0) is 13.1 Å². The van der Waals surface area contributed by atoms with Crippen molar-refractivity contribution in [2.24, 2.45) is 0 Å². The van der Waals surface area contributed by atoms with Crippen molar-refractivity contribution in [2.75, 3.05) is 0 Å². The molecule has 2 N–H and O–H groups in total. The molecule has 106 valence electrons. The van der Waals surface area contributed by atoms with Gasteiger partial charge in [-0.1, -0.05) is 30.3 Å². The van der Waals surface area contributed by atoms with E-state index in [1.807, 2.05) is 24.3 Å². The lowest BCUT2D eigenvalue weighted by Gasteiger charge is -2.03. The maximum Gasteiger partial charge on any atom is 0.273 e. The topological polar surface area (TPSA) is 83.8 Å². The molecule has 1 heterocycles. The minimum atomic E-state index is -0.363. The highest BCUT2D eigenvalue weighted by molar-refractivity contribution is 5.74. The summed E-state index contributed by atoms with van der Waals surface area (Å²) < 4.78 is 0. The summed E-state index contributed by atoms with van der Waals surface area (Å²) in [5.74, 6) is 0.815. The van der Waals surface area contributed by atoms with Gasteiger partial charge < -0.3 is 10.3 Å². The van der Waals surface area contributed by atoms with Crippen molar-refractivity contribution < 1.29 is 4.92 Å². The number of aromatic amines is 1. The number of para-hydroxylation sites is 3. The summed E-state index contributed by atoms with van der Waals surface area (Å²) in [5, 5.41) is 14.1. The molecule has 0 fully saturated rings. The van der Waals surface area contributed by atoms with E-state index in [0.29, 0.717) is 18.7 Å². The Hall–Kier alpha value is -2.73. The predicted molar refractivity (Wildman–Crippen MR) is 79.7 cm³/mol. The Balaban J connectivity index is 1.67. The van der Waals surface area contributed by atoms with Gasteiger partial charge in [0.2, 0.25) is 0 Å². The van der Waals surface area contributed by atoms with E-state index >= 15 is 0 Å². The number of nitro benzene ring substituents is 1. The Bertz CT molecular complexity index is 749. The number of benzene rings is 2. The van der Waals surface area contributed by atoms with Crippen LogP contribution in [0.15, 0.2) is 48.5 Å². The van der Waals surface area contributed by atoms with Gasteiger partial charge in [-0.2, -0.15) is 0 Å². The van der Waals surface area contributed by atoms with Crippen molar-refractivity contribution >= 4 is 16.7 Å². The fraction of sp³-hybridized carbons (Fsp3) is 0.133. The Morgan fingerprint density at radius 3 is 2.67 bits per heavy atom. The summed E-state index contributed by atoms with van der Waals surface area (Å²) in [7, 11) is 0. The average molecular weight is 282 g/mol. The van der Waals surface area contributed by atoms with E-state index in [2.05, 4.69) is 15.3 Å². The fourth-order valence-corrected chi connectivity index (χ4v) is 2.24.